The number of hydrogen-bond acceptors (Lipinski definition) is 2. The maximum atomic E-state index is 12.4. The van der Waals surface area contributed by atoms with E-state index in [9.17, 15) is 4.79 Å². The fourth-order valence-electron chi connectivity index (χ4n) is 3.25. The monoisotopic (exact) mass is 416 g/mol. The second kappa shape index (κ2) is 18.2. The third-order valence-electron chi connectivity index (χ3n) is 5.12. The van der Waals surface area contributed by atoms with Crippen molar-refractivity contribution in [2.75, 3.05) is 0 Å². The van der Waals surface area contributed by atoms with Crippen LogP contribution >= 0.6 is 0 Å². The average Bonchev–Trinajstić information content (AvgIpc) is 2.65. The molecule has 0 spiro atoms. The minimum Gasteiger partial charge on any atom is -0.458 e. The molecule has 30 heavy (non-hydrogen) atoms. The van der Waals surface area contributed by atoms with Crippen LogP contribution < -0.4 is 0 Å². The zero-order valence-corrected chi connectivity index (χ0v) is 21.0. The van der Waals surface area contributed by atoms with Crippen LogP contribution in [0.15, 0.2) is 46.6 Å². The quantitative estimate of drug-likeness (QED) is 0.142. The Kier molecular flexibility index (Phi) is 17.3. The molecule has 0 N–H and O–H groups in total. The number of rotatable bonds is 16. The Bertz CT molecular complexity index is 582. The summed E-state index contributed by atoms with van der Waals surface area (Å²) < 4.78 is 5.86. The predicted octanol–water partition coefficient (Wildman–Crippen LogP) is 9.03. The van der Waals surface area contributed by atoms with Gasteiger partial charge in [0.1, 0.15) is 6.10 Å². The zero-order chi connectivity index (χ0) is 22.8. The van der Waals surface area contributed by atoms with E-state index in [-0.39, 0.29) is 12.1 Å². The number of unbranched alkanes of at least 4 members (excludes halogenated alkanes) is 4. The lowest BCUT2D eigenvalue weighted by Gasteiger charge is -2.15. The molecular formula is C28H48O2. The van der Waals surface area contributed by atoms with Crippen molar-refractivity contribution in [3.05, 3.63) is 46.6 Å². The fourth-order valence-corrected chi connectivity index (χ4v) is 3.25. The van der Waals surface area contributed by atoms with Crippen LogP contribution in [-0.2, 0) is 9.53 Å². The van der Waals surface area contributed by atoms with Crippen LogP contribution in [-0.4, -0.2) is 12.1 Å². The van der Waals surface area contributed by atoms with Crippen molar-refractivity contribution in [3.8, 4) is 0 Å². The maximum absolute atomic E-state index is 12.4. The summed E-state index contributed by atoms with van der Waals surface area (Å²) in [6.45, 7) is 15.1. The Labute approximate surface area is 187 Å². The maximum Gasteiger partial charge on any atom is 0.306 e. The van der Waals surface area contributed by atoms with E-state index in [4.69, 9.17) is 4.74 Å². The summed E-state index contributed by atoms with van der Waals surface area (Å²) in [5.41, 5.74) is 5.37. The Morgan fingerprint density at radius 2 is 1.30 bits per heavy atom. The zero-order valence-electron chi connectivity index (χ0n) is 21.0. The number of carbonyl (C=O) groups excluding carboxylic acids is 1. The SMILES string of the molecule is CCCCCCCC(=O)OC(/C=C(\C)CCC=C(C)C)C/C=C(\C)CCC=C(C)C. The van der Waals surface area contributed by atoms with Crippen molar-refractivity contribution in [3.63, 3.8) is 0 Å². The van der Waals surface area contributed by atoms with Crippen molar-refractivity contribution < 1.29 is 9.53 Å². The van der Waals surface area contributed by atoms with Crippen LogP contribution in [0.25, 0.3) is 0 Å². The van der Waals surface area contributed by atoms with Crippen LogP contribution in [0.2, 0.25) is 0 Å². The standard InChI is InChI=1S/C28H48O2/c1-8-9-10-11-12-19-28(29)30-27(22-26(7)18-14-16-24(4)5)21-20-25(6)17-13-15-23(2)3/h15-16,20,22,27H,8-14,17-19,21H2,1-7H3/b25-20+,26-22+. The van der Waals surface area contributed by atoms with Gasteiger partial charge in [-0.1, -0.05) is 73.1 Å². The summed E-state index contributed by atoms with van der Waals surface area (Å²) in [7, 11) is 0. The summed E-state index contributed by atoms with van der Waals surface area (Å²) >= 11 is 0. The molecule has 1 unspecified atom stereocenters. The summed E-state index contributed by atoms with van der Waals surface area (Å²) in [6, 6.07) is 0. The number of ether oxygens (including phenoxy) is 1. The van der Waals surface area contributed by atoms with Gasteiger partial charge >= 0.3 is 5.97 Å². The number of carbonyl (C=O) groups is 1. The van der Waals surface area contributed by atoms with E-state index < -0.39 is 0 Å². The Morgan fingerprint density at radius 3 is 1.87 bits per heavy atom. The third-order valence-corrected chi connectivity index (χ3v) is 5.12. The van der Waals surface area contributed by atoms with Gasteiger partial charge in [0, 0.05) is 12.8 Å². The van der Waals surface area contributed by atoms with Gasteiger partial charge in [-0.2, -0.15) is 0 Å². The van der Waals surface area contributed by atoms with Crippen LogP contribution in [0.1, 0.15) is 119 Å². The smallest absolute Gasteiger partial charge is 0.306 e. The second-order valence-corrected chi connectivity index (χ2v) is 9.13. The lowest BCUT2D eigenvalue weighted by atomic mass is 10.0. The molecule has 0 amide bonds. The molecule has 0 aromatic rings. The Hall–Kier alpha value is -1.57. The van der Waals surface area contributed by atoms with Gasteiger partial charge in [0.25, 0.3) is 0 Å². The van der Waals surface area contributed by atoms with Crippen LogP contribution in [0.3, 0.4) is 0 Å². The molecule has 0 aromatic carbocycles. The summed E-state index contributed by atoms with van der Waals surface area (Å²) in [5.74, 6) is -0.0551. The van der Waals surface area contributed by atoms with E-state index in [2.05, 4.69) is 72.8 Å². The Balaban J connectivity index is 4.83. The van der Waals surface area contributed by atoms with Crippen molar-refractivity contribution in [1.29, 1.82) is 0 Å². The first kappa shape index (κ1) is 28.4. The topological polar surface area (TPSA) is 26.3 Å². The summed E-state index contributed by atoms with van der Waals surface area (Å²) in [4.78, 5) is 12.4. The first-order valence-electron chi connectivity index (χ1n) is 12.0. The normalized spacial score (nSPS) is 13.0. The molecule has 0 saturated heterocycles. The van der Waals surface area contributed by atoms with Gasteiger partial charge < -0.3 is 4.74 Å². The molecule has 0 heterocycles. The molecule has 0 radical (unpaired) electrons. The molecule has 172 valence electrons. The molecule has 0 saturated carbocycles. The van der Waals surface area contributed by atoms with E-state index in [1.165, 1.54) is 41.6 Å². The molecule has 0 fully saturated rings. The van der Waals surface area contributed by atoms with Gasteiger partial charge in [0.2, 0.25) is 0 Å². The van der Waals surface area contributed by atoms with Crippen LogP contribution in [0, 0.1) is 0 Å². The molecule has 2 nitrogen and oxygen atoms in total. The third kappa shape index (κ3) is 18.5. The van der Waals surface area contributed by atoms with Crippen molar-refractivity contribution in [2.45, 2.75) is 125 Å². The molecule has 0 aliphatic rings. The highest BCUT2D eigenvalue weighted by Gasteiger charge is 2.12. The molecule has 0 aliphatic carbocycles. The largest absolute Gasteiger partial charge is 0.458 e. The van der Waals surface area contributed by atoms with E-state index in [1.54, 1.807) is 0 Å². The van der Waals surface area contributed by atoms with Crippen LogP contribution in [0.4, 0.5) is 0 Å². The second-order valence-electron chi connectivity index (χ2n) is 9.13. The molecule has 1 atom stereocenters. The lowest BCUT2D eigenvalue weighted by molar-refractivity contribution is -0.146. The van der Waals surface area contributed by atoms with E-state index in [1.807, 2.05) is 0 Å². The first-order valence-corrected chi connectivity index (χ1v) is 12.0. The van der Waals surface area contributed by atoms with Gasteiger partial charge in [-0.15, -0.1) is 0 Å². The van der Waals surface area contributed by atoms with Gasteiger partial charge in [0.05, 0.1) is 0 Å². The van der Waals surface area contributed by atoms with Crippen LogP contribution in [0.5, 0.6) is 0 Å². The van der Waals surface area contributed by atoms with Gasteiger partial charge in [-0.3, -0.25) is 4.79 Å². The van der Waals surface area contributed by atoms with Crippen molar-refractivity contribution in [2.24, 2.45) is 0 Å². The van der Waals surface area contributed by atoms with Gasteiger partial charge in [-0.25, -0.2) is 0 Å². The van der Waals surface area contributed by atoms with E-state index in [0.29, 0.717) is 6.42 Å². The molecule has 0 rings (SSSR count). The van der Waals surface area contributed by atoms with E-state index >= 15 is 0 Å². The highest BCUT2D eigenvalue weighted by molar-refractivity contribution is 5.69. The molecular weight excluding hydrogens is 368 g/mol. The lowest BCUT2D eigenvalue weighted by Crippen LogP contribution is -2.16. The minimum absolute atomic E-state index is 0.0551. The highest BCUT2D eigenvalue weighted by Crippen LogP contribution is 2.16. The van der Waals surface area contributed by atoms with Crippen molar-refractivity contribution in [1.82, 2.24) is 0 Å². The molecule has 0 bridgehead atoms. The number of allylic oxidation sites excluding steroid dienone is 6. The highest BCUT2D eigenvalue weighted by atomic mass is 16.5. The summed E-state index contributed by atoms with van der Waals surface area (Å²) in [6.07, 6.45) is 20.0. The van der Waals surface area contributed by atoms with Gasteiger partial charge in [-0.05, 0) is 79.7 Å². The average molecular weight is 417 g/mol. The molecule has 2 heteroatoms. The number of esters is 1. The van der Waals surface area contributed by atoms with Crippen molar-refractivity contribution >= 4 is 5.97 Å². The molecule has 0 aliphatic heterocycles. The summed E-state index contributed by atoms with van der Waals surface area (Å²) in [5, 5.41) is 0. The Morgan fingerprint density at radius 1 is 0.733 bits per heavy atom. The fraction of sp³-hybridized carbons (Fsp3) is 0.679. The predicted molar refractivity (Wildman–Crippen MR) is 133 cm³/mol. The minimum atomic E-state index is -0.154. The molecule has 0 aromatic heterocycles. The van der Waals surface area contributed by atoms with E-state index in [0.717, 1.165) is 44.9 Å². The first-order chi connectivity index (χ1) is 14.2. The van der Waals surface area contributed by atoms with Gasteiger partial charge in [0.15, 0.2) is 0 Å². The number of hydrogen-bond donors (Lipinski definition) is 0.